The molecule has 2 N–H and O–H groups in total. The van der Waals surface area contributed by atoms with E-state index < -0.39 is 11.0 Å². The third-order valence-electron chi connectivity index (χ3n) is 3.70. The van der Waals surface area contributed by atoms with Gasteiger partial charge in [0.1, 0.15) is 0 Å². The van der Waals surface area contributed by atoms with Crippen molar-refractivity contribution in [3.8, 4) is 0 Å². The summed E-state index contributed by atoms with van der Waals surface area (Å²) in [6.07, 6.45) is 19.0. The van der Waals surface area contributed by atoms with Crippen molar-refractivity contribution in [1.29, 1.82) is 0 Å². The summed E-state index contributed by atoms with van der Waals surface area (Å²) in [5, 5.41) is 5.21. The smallest absolute Gasteiger partial charge is 0.0887 e. The largest absolute Gasteiger partial charge is 0.252 e. The predicted molar refractivity (Wildman–Crippen MR) is 87.5 cm³/mol. The van der Waals surface area contributed by atoms with Crippen molar-refractivity contribution in [2.24, 2.45) is 5.14 Å². The lowest BCUT2D eigenvalue weighted by Crippen LogP contribution is -2.06. The van der Waals surface area contributed by atoms with Gasteiger partial charge in [0.25, 0.3) is 0 Å². The van der Waals surface area contributed by atoms with Gasteiger partial charge < -0.3 is 0 Å². The molecule has 0 spiro atoms. The van der Waals surface area contributed by atoms with Crippen molar-refractivity contribution < 1.29 is 4.21 Å². The second-order valence-electron chi connectivity index (χ2n) is 5.68. The van der Waals surface area contributed by atoms with Gasteiger partial charge in [-0.2, -0.15) is 0 Å². The molecule has 0 radical (unpaired) electrons. The molecule has 0 aromatic carbocycles. The van der Waals surface area contributed by atoms with Gasteiger partial charge in [0.15, 0.2) is 0 Å². The molecule has 0 aliphatic carbocycles. The fourth-order valence-corrected chi connectivity index (χ4v) is 2.93. The summed E-state index contributed by atoms with van der Waals surface area (Å²) in [6, 6.07) is 0. The van der Waals surface area contributed by atoms with Crippen LogP contribution >= 0.6 is 0 Å². The zero-order valence-corrected chi connectivity index (χ0v) is 13.8. The molecular weight excluding hydrogens is 254 g/mol. The molecule has 0 bridgehead atoms. The lowest BCUT2D eigenvalue weighted by molar-refractivity contribution is 0.538. The first kappa shape index (κ1) is 19.1. The molecule has 0 aromatic heterocycles. The van der Waals surface area contributed by atoms with Crippen LogP contribution in [0.15, 0.2) is 0 Å². The highest BCUT2D eigenvalue weighted by Crippen LogP contribution is 2.12. The van der Waals surface area contributed by atoms with E-state index in [2.05, 4.69) is 6.92 Å². The molecule has 1 unspecified atom stereocenters. The Bertz CT molecular complexity index is 197. The molecule has 1 atom stereocenters. The van der Waals surface area contributed by atoms with Crippen molar-refractivity contribution >= 4 is 11.0 Å². The Morgan fingerprint density at radius 2 is 0.947 bits per heavy atom. The van der Waals surface area contributed by atoms with Crippen molar-refractivity contribution in [2.75, 3.05) is 5.75 Å². The molecule has 19 heavy (non-hydrogen) atoms. The first-order valence-corrected chi connectivity index (χ1v) is 9.78. The van der Waals surface area contributed by atoms with Crippen LogP contribution in [-0.4, -0.2) is 9.96 Å². The van der Waals surface area contributed by atoms with Crippen LogP contribution in [-0.2, 0) is 11.0 Å². The maximum Gasteiger partial charge on any atom is 0.0887 e. The molecule has 0 saturated carbocycles. The van der Waals surface area contributed by atoms with E-state index in [0.29, 0.717) is 5.75 Å². The van der Waals surface area contributed by atoms with Gasteiger partial charge in [0.2, 0.25) is 0 Å². The average Bonchev–Trinajstić information content (AvgIpc) is 2.39. The maximum atomic E-state index is 10.7. The summed E-state index contributed by atoms with van der Waals surface area (Å²) in [6.45, 7) is 2.27. The Labute approximate surface area is 123 Å². The first-order valence-electron chi connectivity index (χ1n) is 8.40. The Balaban J connectivity index is 2.93. The van der Waals surface area contributed by atoms with E-state index in [1.807, 2.05) is 0 Å². The molecule has 0 aliphatic heterocycles. The summed E-state index contributed by atoms with van der Waals surface area (Å²) in [5.41, 5.74) is 0. The van der Waals surface area contributed by atoms with Gasteiger partial charge in [-0.05, 0) is 6.42 Å². The topological polar surface area (TPSA) is 43.1 Å². The SMILES string of the molecule is CCCCCCCCCCCCCCCCS(N)=O. The third-order valence-corrected chi connectivity index (χ3v) is 4.39. The van der Waals surface area contributed by atoms with Crippen molar-refractivity contribution in [2.45, 2.75) is 96.8 Å². The standard InChI is InChI=1S/C16H35NOS/c1-2-3-4-5-6-7-8-9-10-11-12-13-14-15-16-19(17)18/h2-17H2,1H3. The van der Waals surface area contributed by atoms with Gasteiger partial charge in [-0.25, -0.2) is 4.21 Å². The van der Waals surface area contributed by atoms with Crippen molar-refractivity contribution in [3.05, 3.63) is 0 Å². The quantitative estimate of drug-likeness (QED) is 0.419. The number of nitrogens with two attached hydrogens (primary N) is 1. The zero-order valence-electron chi connectivity index (χ0n) is 13.0. The Hall–Kier alpha value is 0.110. The molecule has 0 aliphatic rings. The predicted octanol–water partition coefficient (Wildman–Crippen LogP) is 5.09. The molecule has 2 nitrogen and oxygen atoms in total. The Kier molecular flexibility index (Phi) is 16.3. The normalized spacial score (nSPS) is 12.7. The second-order valence-corrected chi connectivity index (χ2v) is 6.85. The highest BCUT2D eigenvalue weighted by atomic mass is 32.2. The fraction of sp³-hybridized carbons (Fsp3) is 1.00. The van der Waals surface area contributed by atoms with E-state index in [4.69, 9.17) is 5.14 Å². The molecule has 0 saturated heterocycles. The van der Waals surface area contributed by atoms with Gasteiger partial charge in [-0.3, -0.25) is 5.14 Å². The maximum absolute atomic E-state index is 10.7. The Morgan fingerprint density at radius 3 is 1.26 bits per heavy atom. The molecular formula is C16H35NOS. The van der Waals surface area contributed by atoms with E-state index in [-0.39, 0.29) is 0 Å². The van der Waals surface area contributed by atoms with Gasteiger partial charge in [0, 0.05) is 5.75 Å². The zero-order chi connectivity index (χ0) is 14.2. The average molecular weight is 290 g/mol. The van der Waals surface area contributed by atoms with Crippen LogP contribution in [0.4, 0.5) is 0 Å². The highest BCUT2D eigenvalue weighted by Gasteiger charge is 1.95. The van der Waals surface area contributed by atoms with Crippen molar-refractivity contribution in [3.63, 3.8) is 0 Å². The van der Waals surface area contributed by atoms with Crippen LogP contribution in [0.3, 0.4) is 0 Å². The van der Waals surface area contributed by atoms with E-state index in [9.17, 15) is 4.21 Å². The number of hydrogen-bond acceptors (Lipinski definition) is 1. The molecule has 0 amide bonds. The lowest BCUT2D eigenvalue weighted by atomic mass is 10.0. The van der Waals surface area contributed by atoms with Gasteiger partial charge in [-0.15, -0.1) is 0 Å². The summed E-state index contributed by atoms with van der Waals surface area (Å²) < 4.78 is 10.7. The van der Waals surface area contributed by atoms with Crippen LogP contribution in [0.25, 0.3) is 0 Å². The van der Waals surface area contributed by atoms with Crippen LogP contribution in [0.2, 0.25) is 0 Å². The van der Waals surface area contributed by atoms with Gasteiger partial charge >= 0.3 is 0 Å². The molecule has 3 heteroatoms. The summed E-state index contributed by atoms with van der Waals surface area (Å²) >= 11 is 0. The molecule has 116 valence electrons. The summed E-state index contributed by atoms with van der Waals surface area (Å²) in [7, 11) is -1.08. The molecule has 0 rings (SSSR count). The lowest BCUT2D eigenvalue weighted by Gasteiger charge is -2.02. The van der Waals surface area contributed by atoms with Crippen LogP contribution < -0.4 is 5.14 Å². The fourth-order valence-electron chi connectivity index (χ4n) is 2.44. The number of unbranched alkanes of at least 4 members (excludes halogenated alkanes) is 13. The van der Waals surface area contributed by atoms with Gasteiger partial charge in [0.05, 0.1) is 11.0 Å². The molecule has 0 heterocycles. The van der Waals surface area contributed by atoms with E-state index in [1.54, 1.807) is 0 Å². The number of rotatable bonds is 15. The highest BCUT2D eigenvalue weighted by molar-refractivity contribution is 7.82. The first-order chi connectivity index (χ1) is 9.27. The van der Waals surface area contributed by atoms with E-state index in [1.165, 1.54) is 83.5 Å². The van der Waals surface area contributed by atoms with E-state index in [0.717, 1.165) is 6.42 Å². The Morgan fingerprint density at radius 1 is 0.632 bits per heavy atom. The monoisotopic (exact) mass is 289 g/mol. The van der Waals surface area contributed by atoms with Crippen LogP contribution in [0, 0.1) is 0 Å². The minimum atomic E-state index is -1.08. The molecule has 0 fully saturated rings. The summed E-state index contributed by atoms with van der Waals surface area (Å²) in [4.78, 5) is 0. The van der Waals surface area contributed by atoms with E-state index >= 15 is 0 Å². The summed E-state index contributed by atoms with van der Waals surface area (Å²) in [5.74, 6) is 0.679. The van der Waals surface area contributed by atoms with Crippen LogP contribution in [0.1, 0.15) is 96.8 Å². The molecule has 0 aromatic rings. The van der Waals surface area contributed by atoms with Gasteiger partial charge in [-0.1, -0.05) is 90.4 Å². The third kappa shape index (κ3) is 18.1. The second kappa shape index (κ2) is 16.2. The van der Waals surface area contributed by atoms with Crippen LogP contribution in [0.5, 0.6) is 0 Å². The minimum Gasteiger partial charge on any atom is -0.252 e. The van der Waals surface area contributed by atoms with Crippen molar-refractivity contribution in [1.82, 2.24) is 0 Å². The minimum absolute atomic E-state index is 0.679. The number of hydrogen-bond donors (Lipinski definition) is 1.